The summed E-state index contributed by atoms with van der Waals surface area (Å²) in [6, 6.07) is 0. The number of nitrogens with zero attached hydrogens (tertiary/aromatic N) is 1. The molecule has 1 aliphatic heterocycles. The number of ether oxygens (including phenoxy) is 2. The molecule has 1 rings (SSSR count). The van der Waals surface area contributed by atoms with Gasteiger partial charge in [-0.25, -0.2) is 9.59 Å². The van der Waals surface area contributed by atoms with Crippen LogP contribution >= 0.6 is 0 Å². The van der Waals surface area contributed by atoms with Crippen LogP contribution in [0.15, 0.2) is 12.2 Å². The SMILES string of the molecule is O=C1C=CC(=O)OC([N+](=O)[O-])O1. The molecule has 7 nitrogen and oxygen atoms in total. The van der Waals surface area contributed by atoms with Crippen molar-refractivity contribution in [2.75, 3.05) is 0 Å². The Hall–Kier alpha value is -1.92. The van der Waals surface area contributed by atoms with Crippen molar-refractivity contribution >= 4 is 11.9 Å². The van der Waals surface area contributed by atoms with E-state index in [-0.39, 0.29) is 0 Å². The second-order valence-electron chi connectivity index (χ2n) is 1.80. The molecule has 12 heavy (non-hydrogen) atoms. The Morgan fingerprint density at radius 2 is 1.67 bits per heavy atom. The predicted molar refractivity (Wildman–Crippen MR) is 32.1 cm³/mol. The molecule has 7 heteroatoms. The number of nitro groups is 1. The molecular weight excluding hydrogens is 170 g/mol. The fourth-order valence-electron chi connectivity index (χ4n) is 0.524. The molecule has 0 spiro atoms. The smallest absolute Gasteiger partial charge is 0.361 e. The first kappa shape index (κ1) is 8.18. The van der Waals surface area contributed by atoms with E-state index in [4.69, 9.17) is 0 Å². The third kappa shape index (κ3) is 1.78. The Bertz CT molecular complexity index is 249. The maximum absolute atomic E-state index is 10.5. The summed E-state index contributed by atoms with van der Waals surface area (Å²) in [4.78, 5) is 30.0. The highest BCUT2D eigenvalue weighted by atomic mass is 16.8. The van der Waals surface area contributed by atoms with Crippen LogP contribution in [0.25, 0.3) is 0 Å². The number of hydrogen-bond donors (Lipinski definition) is 0. The van der Waals surface area contributed by atoms with Gasteiger partial charge in [0.05, 0.1) is 0 Å². The average Bonchev–Trinajstić information content (AvgIpc) is 2.13. The fourth-order valence-corrected chi connectivity index (χ4v) is 0.524. The van der Waals surface area contributed by atoms with Gasteiger partial charge in [0, 0.05) is 12.2 Å². The van der Waals surface area contributed by atoms with Crippen LogP contribution in [0, 0.1) is 10.1 Å². The number of rotatable bonds is 1. The van der Waals surface area contributed by atoms with Crippen molar-refractivity contribution in [2.24, 2.45) is 0 Å². The molecule has 0 aromatic rings. The van der Waals surface area contributed by atoms with Gasteiger partial charge < -0.3 is 9.47 Å². The van der Waals surface area contributed by atoms with Crippen molar-refractivity contribution in [3.05, 3.63) is 22.3 Å². The minimum atomic E-state index is -2.04. The highest BCUT2D eigenvalue weighted by Crippen LogP contribution is 2.02. The van der Waals surface area contributed by atoms with Gasteiger partial charge in [0.25, 0.3) is 0 Å². The average molecular weight is 173 g/mol. The van der Waals surface area contributed by atoms with E-state index in [1.54, 1.807) is 0 Å². The molecule has 0 radical (unpaired) electrons. The molecule has 0 aromatic carbocycles. The van der Waals surface area contributed by atoms with E-state index in [1.807, 2.05) is 0 Å². The van der Waals surface area contributed by atoms with Gasteiger partial charge in [0.15, 0.2) is 0 Å². The van der Waals surface area contributed by atoms with Crippen LogP contribution in [0.5, 0.6) is 0 Å². The maximum atomic E-state index is 10.5. The molecule has 0 amide bonds. The van der Waals surface area contributed by atoms with E-state index in [1.165, 1.54) is 0 Å². The summed E-state index contributed by atoms with van der Waals surface area (Å²) in [6.45, 7) is 0. The Labute approximate surface area is 65.7 Å². The van der Waals surface area contributed by atoms with Crippen LogP contribution in [0.3, 0.4) is 0 Å². The predicted octanol–water partition coefficient (Wildman–Crippen LogP) is -0.797. The lowest BCUT2D eigenvalue weighted by Crippen LogP contribution is -2.28. The fraction of sp³-hybridized carbons (Fsp3) is 0.200. The number of carbonyl (C=O) groups is 2. The van der Waals surface area contributed by atoms with Crippen molar-refractivity contribution in [3.8, 4) is 0 Å². The maximum Gasteiger partial charge on any atom is 0.522 e. The van der Waals surface area contributed by atoms with Gasteiger partial charge in [0.1, 0.15) is 4.92 Å². The van der Waals surface area contributed by atoms with Crippen molar-refractivity contribution in [3.63, 3.8) is 0 Å². The van der Waals surface area contributed by atoms with Crippen molar-refractivity contribution < 1.29 is 24.0 Å². The zero-order chi connectivity index (χ0) is 9.14. The van der Waals surface area contributed by atoms with E-state index in [2.05, 4.69) is 9.47 Å². The first-order valence-corrected chi connectivity index (χ1v) is 2.82. The molecule has 0 atom stereocenters. The zero-order valence-electron chi connectivity index (χ0n) is 5.63. The number of hydrogen-bond acceptors (Lipinski definition) is 6. The van der Waals surface area contributed by atoms with Crippen molar-refractivity contribution in [1.82, 2.24) is 0 Å². The zero-order valence-corrected chi connectivity index (χ0v) is 5.63. The largest absolute Gasteiger partial charge is 0.522 e. The van der Waals surface area contributed by atoms with Crippen molar-refractivity contribution in [2.45, 2.75) is 6.41 Å². The second kappa shape index (κ2) is 2.99. The number of esters is 2. The molecule has 0 saturated heterocycles. The lowest BCUT2D eigenvalue weighted by atomic mass is 10.5. The molecule has 0 N–H and O–H groups in total. The van der Waals surface area contributed by atoms with E-state index in [0.29, 0.717) is 0 Å². The quantitative estimate of drug-likeness (QED) is 0.292. The summed E-state index contributed by atoms with van der Waals surface area (Å²) in [6.07, 6.45) is -0.530. The van der Waals surface area contributed by atoms with Crippen LogP contribution in [0.4, 0.5) is 0 Å². The van der Waals surface area contributed by atoms with Crippen LogP contribution in [-0.2, 0) is 19.1 Å². The van der Waals surface area contributed by atoms with Crippen molar-refractivity contribution in [1.29, 1.82) is 0 Å². The molecule has 1 heterocycles. The molecule has 0 saturated carbocycles. The second-order valence-corrected chi connectivity index (χ2v) is 1.80. The van der Waals surface area contributed by atoms with Crippen LogP contribution in [0.1, 0.15) is 0 Å². The van der Waals surface area contributed by atoms with E-state index >= 15 is 0 Å². The summed E-state index contributed by atoms with van der Waals surface area (Å²) in [5.41, 5.74) is 0. The summed E-state index contributed by atoms with van der Waals surface area (Å²) in [7, 11) is 0. The number of cyclic esters (lactones) is 2. The third-order valence-corrected chi connectivity index (χ3v) is 0.962. The van der Waals surface area contributed by atoms with Gasteiger partial charge in [-0.05, 0) is 0 Å². The molecule has 64 valence electrons. The van der Waals surface area contributed by atoms with Gasteiger partial charge in [-0.15, -0.1) is 0 Å². The van der Waals surface area contributed by atoms with Crippen LogP contribution in [-0.4, -0.2) is 23.3 Å². The first-order chi connectivity index (χ1) is 5.59. The lowest BCUT2D eigenvalue weighted by molar-refractivity contribution is -0.615. The van der Waals surface area contributed by atoms with Gasteiger partial charge in [-0.1, -0.05) is 0 Å². The minimum absolute atomic E-state index is 0.756. The Morgan fingerprint density at radius 3 is 2.00 bits per heavy atom. The van der Waals surface area contributed by atoms with Crippen LogP contribution in [0.2, 0.25) is 0 Å². The Kier molecular flexibility index (Phi) is 2.04. The Morgan fingerprint density at radius 1 is 1.25 bits per heavy atom. The molecule has 0 bridgehead atoms. The summed E-state index contributed by atoms with van der Waals surface area (Å²) >= 11 is 0. The van der Waals surface area contributed by atoms with Gasteiger partial charge in [0.2, 0.25) is 0 Å². The molecule has 1 aliphatic rings. The normalized spacial score (nSPS) is 18.0. The first-order valence-electron chi connectivity index (χ1n) is 2.82. The standard InChI is InChI=1S/C5H3NO6/c7-3-1-2-4(8)12-5(11-3)6(9)10/h1-2,5H. The van der Waals surface area contributed by atoms with Gasteiger partial charge in [-0.3, -0.25) is 10.1 Å². The highest BCUT2D eigenvalue weighted by molar-refractivity contribution is 5.92. The topological polar surface area (TPSA) is 95.7 Å². The molecular formula is C5H3NO6. The summed E-state index contributed by atoms with van der Waals surface area (Å²) in [5, 5.41) is 10.0. The lowest BCUT2D eigenvalue weighted by Gasteiger charge is -2.04. The van der Waals surface area contributed by atoms with Gasteiger partial charge in [-0.2, -0.15) is 0 Å². The minimum Gasteiger partial charge on any atom is -0.361 e. The van der Waals surface area contributed by atoms with E-state index < -0.39 is 23.3 Å². The highest BCUT2D eigenvalue weighted by Gasteiger charge is 2.30. The summed E-state index contributed by atoms with van der Waals surface area (Å²) in [5.74, 6) is -1.97. The molecule has 0 unspecified atom stereocenters. The molecule has 0 aromatic heterocycles. The van der Waals surface area contributed by atoms with E-state index in [0.717, 1.165) is 12.2 Å². The third-order valence-electron chi connectivity index (χ3n) is 0.962. The summed E-state index contributed by atoms with van der Waals surface area (Å²) < 4.78 is 8.15. The van der Waals surface area contributed by atoms with E-state index in [9.17, 15) is 19.7 Å². The Balaban J connectivity index is 2.77. The number of carbonyl (C=O) groups excluding carboxylic acids is 2. The monoisotopic (exact) mass is 173 g/mol. The van der Waals surface area contributed by atoms with Gasteiger partial charge >= 0.3 is 18.4 Å². The molecule has 0 fully saturated rings. The molecule has 0 aliphatic carbocycles. The van der Waals surface area contributed by atoms with Crippen LogP contribution < -0.4 is 0 Å².